The Morgan fingerprint density at radius 3 is 2.36 bits per heavy atom. The highest BCUT2D eigenvalue weighted by Gasteiger charge is 2.32. The molecule has 0 aliphatic rings. The van der Waals surface area contributed by atoms with E-state index in [-0.39, 0.29) is 28.5 Å². The summed E-state index contributed by atoms with van der Waals surface area (Å²) in [6.07, 6.45) is -4.67. The minimum Gasteiger partial charge on any atom is -0.475 e. The molecule has 0 amide bonds. The standard InChI is InChI=1S/C18H11ClF3N3O3/c19-9-14-23-16(17(27)28)24-25(14)13-7-6-11(18(20,21)22)8-12(13)15(26)10-4-2-1-3-5-10/h1-8H,9H2,(H,27,28). The Labute approximate surface area is 161 Å². The van der Waals surface area contributed by atoms with Gasteiger partial charge in [-0.25, -0.2) is 14.5 Å². The van der Waals surface area contributed by atoms with Crippen LogP contribution in [-0.2, 0) is 12.1 Å². The number of carboxylic acids is 1. The molecule has 0 atom stereocenters. The molecule has 0 aliphatic carbocycles. The first-order valence-electron chi connectivity index (χ1n) is 7.79. The molecule has 3 rings (SSSR count). The summed E-state index contributed by atoms with van der Waals surface area (Å²) < 4.78 is 40.5. The minimum atomic E-state index is -4.67. The molecular weight excluding hydrogens is 399 g/mol. The lowest BCUT2D eigenvalue weighted by atomic mass is 9.99. The van der Waals surface area contributed by atoms with Crippen molar-refractivity contribution in [3.05, 3.63) is 76.9 Å². The van der Waals surface area contributed by atoms with Gasteiger partial charge in [0.15, 0.2) is 5.78 Å². The Hall–Kier alpha value is -3.20. The zero-order valence-corrected chi connectivity index (χ0v) is 14.7. The van der Waals surface area contributed by atoms with Gasteiger partial charge in [0.25, 0.3) is 5.82 Å². The van der Waals surface area contributed by atoms with Crippen LogP contribution in [0.4, 0.5) is 13.2 Å². The van der Waals surface area contributed by atoms with Crippen LogP contribution < -0.4 is 0 Å². The molecule has 1 aromatic heterocycles. The van der Waals surface area contributed by atoms with E-state index in [4.69, 9.17) is 16.7 Å². The van der Waals surface area contributed by atoms with Gasteiger partial charge in [0, 0.05) is 11.1 Å². The topological polar surface area (TPSA) is 85.1 Å². The number of hydrogen-bond donors (Lipinski definition) is 1. The molecule has 144 valence electrons. The van der Waals surface area contributed by atoms with Crippen LogP contribution in [0, 0.1) is 0 Å². The van der Waals surface area contributed by atoms with Gasteiger partial charge in [-0.1, -0.05) is 30.3 Å². The van der Waals surface area contributed by atoms with Crippen LogP contribution in [0.1, 0.15) is 37.9 Å². The van der Waals surface area contributed by atoms with Gasteiger partial charge in [-0.15, -0.1) is 16.7 Å². The number of carbonyl (C=O) groups is 2. The third kappa shape index (κ3) is 3.74. The number of aromatic nitrogens is 3. The number of alkyl halides is 4. The lowest BCUT2D eigenvalue weighted by Crippen LogP contribution is -2.14. The summed E-state index contributed by atoms with van der Waals surface area (Å²) in [5.74, 6) is -3.00. The highest BCUT2D eigenvalue weighted by Crippen LogP contribution is 2.32. The van der Waals surface area contributed by atoms with Gasteiger partial charge in [0.05, 0.1) is 17.1 Å². The monoisotopic (exact) mass is 409 g/mol. The van der Waals surface area contributed by atoms with Crippen LogP contribution in [-0.4, -0.2) is 31.6 Å². The molecule has 3 aromatic rings. The third-order valence-corrected chi connectivity index (χ3v) is 4.06. The second kappa shape index (κ2) is 7.43. The molecule has 2 aromatic carbocycles. The average Bonchev–Trinajstić information content (AvgIpc) is 3.11. The number of halogens is 4. The highest BCUT2D eigenvalue weighted by atomic mass is 35.5. The fourth-order valence-electron chi connectivity index (χ4n) is 2.54. The van der Waals surface area contributed by atoms with Gasteiger partial charge < -0.3 is 5.11 Å². The molecule has 0 spiro atoms. The fraction of sp³-hybridized carbons (Fsp3) is 0.111. The van der Waals surface area contributed by atoms with E-state index < -0.39 is 29.3 Å². The number of carbonyl (C=O) groups excluding carboxylic acids is 1. The Bertz CT molecular complexity index is 1050. The number of hydrogen-bond acceptors (Lipinski definition) is 4. The molecule has 1 N–H and O–H groups in total. The maximum Gasteiger partial charge on any atom is 0.416 e. The summed E-state index contributed by atoms with van der Waals surface area (Å²) in [5, 5.41) is 12.8. The van der Waals surface area contributed by atoms with Crippen molar-refractivity contribution in [1.82, 2.24) is 14.8 Å². The minimum absolute atomic E-state index is 0.0269. The van der Waals surface area contributed by atoms with E-state index in [1.54, 1.807) is 18.2 Å². The van der Waals surface area contributed by atoms with E-state index >= 15 is 0 Å². The number of carboxylic acid groups (broad SMARTS) is 1. The molecule has 0 saturated heterocycles. The van der Waals surface area contributed by atoms with Crippen molar-refractivity contribution in [2.75, 3.05) is 0 Å². The van der Waals surface area contributed by atoms with Crippen molar-refractivity contribution < 1.29 is 27.9 Å². The van der Waals surface area contributed by atoms with Crippen LogP contribution >= 0.6 is 11.6 Å². The molecule has 0 aliphatic heterocycles. The number of aromatic carboxylic acids is 1. The Kier molecular flexibility index (Phi) is 5.19. The smallest absolute Gasteiger partial charge is 0.416 e. The predicted octanol–water partition coefficient (Wildman–Crippen LogP) is 3.95. The summed E-state index contributed by atoms with van der Waals surface area (Å²) in [6.45, 7) is 0. The van der Waals surface area contributed by atoms with Crippen LogP contribution in [0.5, 0.6) is 0 Å². The number of rotatable bonds is 5. The second-order valence-electron chi connectivity index (χ2n) is 5.63. The van der Waals surface area contributed by atoms with Crippen LogP contribution in [0.15, 0.2) is 48.5 Å². The molecule has 0 radical (unpaired) electrons. The van der Waals surface area contributed by atoms with E-state index in [1.165, 1.54) is 12.1 Å². The van der Waals surface area contributed by atoms with Crippen molar-refractivity contribution in [3.8, 4) is 5.69 Å². The molecule has 0 saturated carbocycles. The van der Waals surface area contributed by atoms with Crippen molar-refractivity contribution >= 4 is 23.4 Å². The van der Waals surface area contributed by atoms with Crippen LogP contribution in [0.25, 0.3) is 5.69 Å². The van der Waals surface area contributed by atoms with E-state index in [0.29, 0.717) is 6.07 Å². The lowest BCUT2D eigenvalue weighted by Gasteiger charge is -2.14. The summed E-state index contributed by atoms with van der Waals surface area (Å²) in [6, 6.07) is 10.2. The maximum absolute atomic E-state index is 13.2. The predicted molar refractivity (Wildman–Crippen MR) is 92.8 cm³/mol. The first-order valence-corrected chi connectivity index (χ1v) is 8.32. The van der Waals surface area contributed by atoms with E-state index in [9.17, 15) is 22.8 Å². The molecular formula is C18H11ClF3N3O3. The van der Waals surface area contributed by atoms with Crippen molar-refractivity contribution in [2.24, 2.45) is 0 Å². The zero-order chi connectivity index (χ0) is 20.5. The average molecular weight is 410 g/mol. The Morgan fingerprint density at radius 1 is 1.11 bits per heavy atom. The fourth-order valence-corrected chi connectivity index (χ4v) is 2.71. The van der Waals surface area contributed by atoms with Crippen molar-refractivity contribution in [1.29, 1.82) is 0 Å². The number of benzene rings is 2. The number of ketones is 1. The Balaban J connectivity index is 2.24. The molecule has 1 heterocycles. The quantitative estimate of drug-likeness (QED) is 0.509. The first-order chi connectivity index (χ1) is 13.2. The van der Waals surface area contributed by atoms with E-state index in [1.807, 2.05) is 0 Å². The summed E-state index contributed by atoms with van der Waals surface area (Å²) in [5.41, 5.74) is -1.23. The van der Waals surface area contributed by atoms with Gasteiger partial charge in [-0.2, -0.15) is 13.2 Å². The lowest BCUT2D eigenvalue weighted by molar-refractivity contribution is -0.137. The van der Waals surface area contributed by atoms with Crippen molar-refractivity contribution in [2.45, 2.75) is 12.1 Å². The summed E-state index contributed by atoms with van der Waals surface area (Å²) in [4.78, 5) is 27.8. The highest BCUT2D eigenvalue weighted by molar-refractivity contribution is 6.17. The van der Waals surface area contributed by atoms with Gasteiger partial charge >= 0.3 is 12.1 Å². The Morgan fingerprint density at radius 2 is 1.79 bits per heavy atom. The molecule has 10 heteroatoms. The van der Waals surface area contributed by atoms with Gasteiger partial charge in [-0.3, -0.25) is 4.79 Å². The second-order valence-corrected chi connectivity index (χ2v) is 5.89. The van der Waals surface area contributed by atoms with Gasteiger partial charge in [-0.05, 0) is 18.2 Å². The largest absolute Gasteiger partial charge is 0.475 e. The summed E-state index contributed by atoms with van der Waals surface area (Å²) in [7, 11) is 0. The van der Waals surface area contributed by atoms with Crippen LogP contribution in [0.3, 0.4) is 0 Å². The maximum atomic E-state index is 13.2. The molecule has 0 unspecified atom stereocenters. The first kappa shape index (κ1) is 19.6. The van der Waals surface area contributed by atoms with Gasteiger partial charge in [0.2, 0.25) is 0 Å². The normalized spacial score (nSPS) is 11.4. The molecule has 0 fully saturated rings. The van der Waals surface area contributed by atoms with E-state index in [0.717, 1.165) is 16.8 Å². The van der Waals surface area contributed by atoms with Gasteiger partial charge in [0.1, 0.15) is 5.82 Å². The van der Waals surface area contributed by atoms with Crippen molar-refractivity contribution in [3.63, 3.8) is 0 Å². The SMILES string of the molecule is O=C(O)c1nc(CCl)n(-c2ccc(C(F)(F)F)cc2C(=O)c2ccccc2)n1. The molecule has 28 heavy (non-hydrogen) atoms. The zero-order valence-electron chi connectivity index (χ0n) is 13.9. The van der Waals surface area contributed by atoms with Crippen LogP contribution in [0.2, 0.25) is 0 Å². The number of nitrogens with zero attached hydrogens (tertiary/aromatic N) is 3. The molecule has 6 nitrogen and oxygen atoms in total. The third-order valence-electron chi connectivity index (χ3n) is 3.82. The summed E-state index contributed by atoms with van der Waals surface area (Å²) >= 11 is 5.77. The van der Waals surface area contributed by atoms with E-state index in [2.05, 4.69) is 10.1 Å². The molecule has 0 bridgehead atoms.